The Balaban J connectivity index is 2.22. The lowest BCUT2D eigenvalue weighted by atomic mass is 10.0. The van der Waals surface area contributed by atoms with Crippen LogP contribution in [0.25, 0.3) is 0 Å². The van der Waals surface area contributed by atoms with Crippen molar-refractivity contribution in [3.63, 3.8) is 0 Å². The van der Waals surface area contributed by atoms with Gasteiger partial charge in [-0.05, 0) is 37.5 Å². The summed E-state index contributed by atoms with van der Waals surface area (Å²) in [5.74, 6) is 0.248. The van der Waals surface area contributed by atoms with E-state index >= 15 is 0 Å². The molecule has 1 aromatic carbocycles. The maximum absolute atomic E-state index is 11.8. The Kier molecular flexibility index (Phi) is 3.57. The van der Waals surface area contributed by atoms with Crippen LogP contribution in [-0.2, 0) is 4.79 Å². The quantitative estimate of drug-likeness (QED) is 0.766. The molecule has 1 aliphatic rings. The van der Waals surface area contributed by atoms with Gasteiger partial charge in [-0.1, -0.05) is 34.1 Å². The van der Waals surface area contributed by atoms with Crippen LogP contribution in [0.2, 0.25) is 0 Å². The lowest BCUT2D eigenvalue weighted by molar-refractivity contribution is -0.129. The van der Waals surface area contributed by atoms with Gasteiger partial charge < -0.3 is 4.90 Å². The molecule has 0 spiro atoms. The van der Waals surface area contributed by atoms with E-state index in [0.717, 1.165) is 6.54 Å². The molecule has 2 rings (SSSR count). The van der Waals surface area contributed by atoms with Crippen LogP contribution in [0.5, 0.6) is 0 Å². The summed E-state index contributed by atoms with van der Waals surface area (Å²) in [5, 5.41) is 0. The number of alkyl halides is 1. The fourth-order valence-electron chi connectivity index (χ4n) is 2.27. The molecule has 1 heterocycles. The molecule has 0 aromatic heterocycles. The third-order valence-corrected chi connectivity index (χ3v) is 4.21. The van der Waals surface area contributed by atoms with Crippen LogP contribution in [-0.4, -0.2) is 22.2 Å². The second-order valence-corrected chi connectivity index (χ2v) is 6.16. The van der Waals surface area contributed by atoms with Gasteiger partial charge in [0.15, 0.2) is 0 Å². The molecule has 1 saturated heterocycles. The first kappa shape index (κ1) is 12.6. The predicted molar refractivity (Wildman–Crippen MR) is 73.4 cm³/mol. The number of hydrogen-bond acceptors (Lipinski definition) is 1. The molecule has 2 unspecified atom stereocenters. The van der Waals surface area contributed by atoms with Crippen LogP contribution >= 0.6 is 15.9 Å². The van der Waals surface area contributed by atoms with Crippen molar-refractivity contribution in [2.24, 2.45) is 0 Å². The van der Waals surface area contributed by atoms with Gasteiger partial charge in [0, 0.05) is 17.8 Å². The third kappa shape index (κ3) is 2.54. The zero-order valence-corrected chi connectivity index (χ0v) is 12.1. The van der Waals surface area contributed by atoms with Gasteiger partial charge in [0.05, 0.1) is 6.04 Å². The first-order valence-corrected chi connectivity index (χ1v) is 6.91. The third-order valence-electron chi connectivity index (χ3n) is 3.59. The van der Waals surface area contributed by atoms with Crippen LogP contribution in [0.3, 0.4) is 0 Å². The highest BCUT2D eigenvalue weighted by molar-refractivity contribution is 9.09. The van der Waals surface area contributed by atoms with Crippen molar-refractivity contribution < 1.29 is 4.79 Å². The monoisotopic (exact) mass is 295 g/mol. The molecule has 0 radical (unpaired) electrons. The fraction of sp³-hybridized carbons (Fsp3) is 0.500. The van der Waals surface area contributed by atoms with Crippen molar-refractivity contribution in [1.29, 1.82) is 0 Å². The van der Waals surface area contributed by atoms with E-state index in [4.69, 9.17) is 0 Å². The highest BCUT2D eigenvalue weighted by atomic mass is 79.9. The maximum Gasteiger partial charge on any atom is 0.224 e. The molecule has 0 saturated carbocycles. The van der Waals surface area contributed by atoms with E-state index in [2.05, 4.69) is 54.9 Å². The highest BCUT2D eigenvalue weighted by Crippen LogP contribution is 2.29. The van der Waals surface area contributed by atoms with Gasteiger partial charge in [-0.3, -0.25) is 4.79 Å². The van der Waals surface area contributed by atoms with Gasteiger partial charge in [0.2, 0.25) is 5.91 Å². The summed E-state index contributed by atoms with van der Waals surface area (Å²) in [6, 6.07) is 6.62. The number of likely N-dealkylation sites (tertiary alicyclic amines) is 1. The Morgan fingerprint density at radius 2 is 2.06 bits per heavy atom. The molecule has 2 nitrogen and oxygen atoms in total. The number of rotatable bonds is 2. The van der Waals surface area contributed by atoms with E-state index in [0.29, 0.717) is 11.2 Å². The maximum atomic E-state index is 11.8. The van der Waals surface area contributed by atoms with E-state index < -0.39 is 0 Å². The van der Waals surface area contributed by atoms with Gasteiger partial charge in [-0.2, -0.15) is 0 Å². The van der Waals surface area contributed by atoms with E-state index in [9.17, 15) is 4.79 Å². The molecule has 1 amide bonds. The van der Waals surface area contributed by atoms with Crippen LogP contribution in [0.15, 0.2) is 18.2 Å². The largest absolute Gasteiger partial charge is 0.335 e. The minimum absolute atomic E-state index is 0.171. The first-order valence-electron chi connectivity index (χ1n) is 5.99. The molecular formula is C14H18BrNO. The number of benzene rings is 1. The number of amides is 1. The molecule has 0 aliphatic carbocycles. The normalized spacial score (nSPS) is 22.0. The summed E-state index contributed by atoms with van der Waals surface area (Å²) >= 11 is 3.52. The summed E-state index contributed by atoms with van der Waals surface area (Å²) in [4.78, 5) is 14.1. The number of carbonyl (C=O) groups is 1. The fourth-order valence-corrected chi connectivity index (χ4v) is 2.85. The van der Waals surface area contributed by atoms with E-state index in [1.165, 1.54) is 16.7 Å². The van der Waals surface area contributed by atoms with Gasteiger partial charge in [-0.25, -0.2) is 0 Å². The average Bonchev–Trinajstić information content (AvgIpc) is 2.61. The van der Waals surface area contributed by atoms with E-state index in [1.807, 2.05) is 4.90 Å². The SMILES string of the molecule is Cc1ccc(C(C)N2CC(Br)CC2=O)cc1C. The van der Waals surface area contributed by atoms with Crippen molar-refractivity contribution in [2.45, 2.75) is 38.1 Å². The number of hydrogen-bond donors (Lipinski definition) is 0. The van der Waals surface area contributed by atoms with Gasteiger partial charge in [0.1, 0.15) is 0 Å². The van der Waals surface area contributed by atoms with Gasteiger partial charge in [0.25, 0.3) is 0 Å². The summed E-state index contributed by atoms with van der Waals surface area (Å²) in [5.41, 5.74) is 3.81. The Morgan fingerprint density at radius 3 is 2.59 bits per heavy atom. The standard InChI is InChI=1S/C14H18BrNO/c1-9-4-5-12(6-10(9)2)11(3)16-8-13(15)7-14(16)17/h4-6,11,13H,7-8H2,1-3H3. The number of nitrogens with zero attached hydrogens (tertiary/aromatic N) is 1. The van der Waals surface area contributed by atoms with E-state index in [1.54, 1.807) is 0 Å². The number of aryl methyl sites for hydroxylation is 2. The molecule has 0 bridgehead atoms. The molecule has 2 atom stereocenters. The Hall–Kier alpha value is -0.830. The van der Waals surface area contributed by atoms with Gasteiger partial charge in [-0.15, -0.1) is 0 Å². The van der Waals surface area contributed by atoms with Crippen molar-refractivity contribution in [1.82, 2.24) is 4.90 Å². The molecular weight excluding hydrogens is 278 g/mol. The van der Waals surface area contributed by atoms with Crippen LogP contribution in [0, 0.1) is 13.8 Å². The van der Waals surface area contributed by atoms with Crippen molar-refractivity contribution in [3.05, 3.63) is 34.9 Å². The summed E-state index contributed by atoms with van der Waals surface area (Å²) in [6.45, 7) is 7.14. The summed E-state index contributed by atoms with van der Waals surface area (Å²) < 4.78 is 0. The second kappa shape index (κ2) is 4.81. The van der Waals surface area contributed by atoms with Crippen molar-refractivity contribution in [3.8, 4) is 0 Å². The molecule has 1 fully saturated rings. The summed E-state index contributed by atoms with van der Waals surface area (Å²) in [6.07, 6.45) is 0.620. The van der Waals surface area contributed by atoms with E-state index in [-0.39, 0.29) is 11.9 Å². The Bertz CT molecular complexity index is 444. The van der Waals surface area contributed by atoms with Crippen LogP contribution in [0.4, 0.5) is 0 Å². The van der Waals surface area contributed by atoms with Crippen LogP contribution in [0.1, 0.15) is 36.1 Å². The topological polar surface area (TPSA) is 20.3 Å². The first-order chi connectivity index (χ1) is 7.99. The second-order valence-electron chi connectivity index (χ2n) is 4.87. The average molecular weight is 296 g/mol. The molecule has 92 valence electrons. The Labute approximate surface area is 111 Å². The molecule has 3 heteroatoms. The van der Waals surface area contributed by atoms with Gasteiger partial charge >= 0.3 is 0 Å². The number of halogens is 1. The molecule has 0 N–H and O–H groups in total. The highest BCUT2D eigenvalue weighted by Gasteiger charge is 2.31. The molecule has 1 aliphatic heterocycles. The summed E-state index contributed by atoms with van der Waals surface area (Å²) in [7, 11) is 0. The van der Waals surface area contributed by atoms with Crippen LogP contribution < -0.4 is 0 Å². The number of carbonyl (C=O) groups excluding carboxylic acids is 1. The zero-order valence-electron chi connectivity index (χ0n) is 10.5. The predicted octanol–water partition coefficient (Wildman–Crippen LogP) is 3.36. The lowest BCUT2D eigenvalue weighted by Gasteiger charge is -2.25. The lowest BCUT2D eigenvalue weighted by Crippen LogP contribution is -2.28. The molecule has 1 aromatic rings. The Morgan fingerprint density at radius 1 is 1.35 bits per heavy atom. The smallest absolute Gasteiger partial charge is 0.224 e. The molecule has 17 heavy (non-hydrogen) atoms. The van der Waals surface area contributed by atoms with Crippen molar-refractivity contribution >= 4 is 21.8 Å². The minimum atomic E-state index is 0.171. The van der Waals surface area contributed by atoms with Crippen molar-refractivity contribution in [2.75, 3.05) is 6.54 Å². The minimum Gasteiger partial charge on any atom is -0.335 e. The zero-order chi connectivity index (χ0) is 12.6.